The van der Waals surface area contributed by atoms with Crippen LogP contribution in [0.2, 0.25) is 5.02 Å². The molecule has 1 aliphatic rings. The number of anilines is 1. The molecule has 1 aliphatic heterocycles. The zero-order chi connectivity index (χ0) is 20.4. The van der Waals surface area contributed by atoms with Crippen LogP contribution in [0.1, 0.15) is 11.1 Å². The Kier molecular flexibility index (Phi) is 5.41. The second-order valence-corrected chi connectivity index (χ2v) is 9.18. The van der Waals surface area contributed by atoms with Crippen LogP contribution in [-0.2, 0) is 27.8 Å². The molecule has 148 valence electrons. The van der Waals surface area contributed by atoms with Gasteiger partial charge in [-0.2, -0.15) is 4.31 Å². The molecule has 0 bridgehead atoms. The van der Waals surface area contributed by atoms with Gasteiger partial charge in [-0.15, -0.1) is 0 Å². The van der Waals surface area contributed by atoms with Crippen molar-refractivity contribution in [2.24, 2.45) is 0 Å². The summed E-state index contributed by atoms with van der Waals surface area (Å²) in [7, 11) is -3.85. The van der Waals surface area contributed by atoms with E-state index in [2.05, 4.69) is 5.32 Å². The Bertz CT molecular complexity index is 1150. The van der Waals surface area contributed by atoms with E-state index in [9.17, 15) is 13.2 Å². The molecule has 1 amide bonds. The van der Waals surface area contributed by atoms with Gasteiger partial charge in [-0.1, -0.05) is 60.1 Å². The van der Waals surface area contributed by atoms with Gasteiger partial charge in [0.1, 0.15) is 6.04 Å². The third-order valence-corrected chi connectivity index (χ3v) is 7.05. The Morgan fingerprint density at radius 2 is 1.62 bits per heavy atom. The smallest absolute Gasteiger partial charge is 0.244 e. The van der Waals surface area contributed by atoms with Gasteiger partial charge in [-0.25, -0.2) is 8.42 Å². The van der Waals surface area contributed by atoms with Crippen LogP contribution >= 0.6 is 11.6 Å². The van der Waals surface area contributed by atoms with Crippen LogP contribution in [0.15, 0.2) is 83.8 Å². The maximum atomic E-state index is 13.3. The Hall–Kier alpha value is -2.67. The standard InChI is InChI=1S/C22H19ClN2O3S/c23-18-9-6-10-19(14-18)24-22(26)21-13-16-7-4-5-8-17(16)15-25(21)29(27,28)20-11-2-1-3-12-20/h1-12,14,21H,13,15H2,(H,24,26)/t21-/m1/s1. The minimum absolute atomic E-state index is 0.140. The van der Waals surface area contributed by atoms with Crippen molar-refractivity contribution in [1.82, 2.24) is 4.31 Å². The summed E-state index contributed by atoms with van der Waals surface area (Å²) < 4.78 is 28.0. The summed E-state index contributed by atoms with van der Waals surface area (Å²) in [5, 5.41) is 3.30. The van der Waals surface area contributed by atoms with E-state index in [4.69, 9.17) is 11.6 Å². The number of halogens is 1. The molecule has 1 N–H and O–H groups in total. The van der Waals surface area contributed by atoms with Crippen LogP contribution in [0.3, 0.4) is 0 Å². The Labute approximate surface area is 175 Å². The number of carbonyl (C=O) groups excluding carboxylic acids is 1. The minimum atomic E-state index is -3.85. The molecule has 4 rings (SSSR count). The van der Waals surface area contributed by atoms with Crippen LogP contribution in [0, 0.1) is 0 Å². The summed E-state index contributed by atoms with van der Waals surface area (Å²) in [5.41, 5.74) is 2.40. The van der Waals surface area contributed by atoms with Crippen molar-refractivity contribution >= 4 is 33.2 Å². The normalized spacial score (nSPS) is 16.8. The molecule has 5 nitrogen and oxygen atoms in total. The van der Waals surface area contributed by atoms with Gasteiger partial charge in [-0.3, -0.25) is 4.79 Å². The van der Waals surface area contributed by atoms with E-state index in [0.717, 1.165) is 11.1 Å². The maximum Gasteiger partial charge on any atom is 0.244 e. The van der Waals surface area contributed by atoms with E-state index in [-0.39, 0.29) is 17.3 Å². The summed E-state index contributed by atoms with van der Waals surface area (Å²) in [4.78, 5) is 13.3. The number of fused-ring (bicyclic) bond motifs is 1. The van der Waals surface area contributed by atoms with Crippen molar-refractivity contribution in [3.63, 3.8) is 0 Å². The number of nitrogens with one attached hydrogen (secondary N) is 1. The molecular formula is C22H19ClN2O3S. The first-order valence-corrected chi connectivity index (χ1v) is 11.0. The van der Waals surface area contributed by atoms with E-state index in [0.29, 0.717) is 17.1 Å². The molecule has 0 unspecified atom stereocenters. The molecule has 0 radical (unpaired) electrons. The highest BCUT2D eigenvalue weighted by Crippen LogP contribution is 2.30. The number of rotatable bonds is 4. The van der Waals surface area contributed by atoms with Gasteiger partial charge in [0, 0.05) is 17.3 Å². The average molecular weight is 427 g/mol. The van der Waals surface area contributed by atoms with Gasteiger partial charge in [0.25, 0.3) is 0 Å². The highest BCUT2D eigenvalue weighted by molar-refractivity contribution is 7.89. The quantitative estimate of drug-likeness (QED) is 0.683. The predicted octanol–water partition coefficient (Wildman–Crippen LogP) is 4.09. The van der Waals surface area contributed by atoms with Crippen molar-refractivity contribution < 1.29 is 13.2 Å². The van der Waals surface area contributed by atoms with E-state index in [1.165, 1.54) is 4.31 Å². The lowest BCUT2D eigenvalue weighted by Gasteiger charge is -2.35. The highest BCUT2D eigenvalue weighted by Gasteiger charge is 2.39. The van der Waals surface area contributed by atoms with E-state index in [1.807, 2.05) is 24.3 Å². The van der Waals surface area contributed by atoms with Gasteiger partial charge in [0.15, 0.2) is 0 Å². The lowest BCUT2D eigenvalue weighted by molar-refractivity contribution is -0.120. The Morgan fingerprint density at radius 3 is 2.34 bits per heavy atom. The summed E-state index contributed by atoms with van der Waals surface area (Å²) in [6.45, 7) is 0.140. The lowest BCUT2D eigenvalue weighted by atomic mass is 9.95. The number of amides is 1. The molecule has 1 atom stereocenters. The van der Waals surface area contributed by atoms with Crippen LogP contribution in [0.25, 0.3) is 0 Å². The first kappa shape index (κ1) is 19.6. The number of hydrogen-bond acceptors (Lipinski definition) is 3. The average Bonchev–Trinajstić information content (AvgIpc) is 2.73. The molecule has 3 aromatic carbocycles. The molecule has 0 aliphatic carbocycles. The summed E-state index contributed by atoms with van der Waals surface area (Å²) in [5.74, 6) is -0.388. The summed E-state index contributed by atoms with van der Waals surface area (Å²) >= 11 is 6.00. The van der Waals surface area contributed by atoms with Crippen molar-refractivity contribution in [1.29, 1.82) is 0 Å². The highest BCUT2D eigenvalue weighted by atomic mass is 35.5. The SMILES string of the molecule is O=C(Nc1cccc(Cl)c1)[C@H]1Cc2ccccc2CN1S(=O)(=O)c1ccccc1. The Balaban J connectivity index is 1.71. The van der Waals surface area contributed by atoms with E-state index in [1.54, 1.807) is 54.6 Å². The molecule has 0 aromatic heterocycles. The summed E-state index contributed by atoms with van der Waals surface area (Å²) in [6, 6.07) is 21.7. The molecule has 1 heterocycles. The molecule has 7 heteroatoms. The molecule has 29 heavy (non-hydrogen) atoms. The number of benzene rings is 3. The maximum absolute atomic E-state index is 13.3. The van der Waals surface area contributed by atoms with Gasteiger partial charge < -0.3 is 5.32 Å². The number of nitrogens with zero attached hydrogens (tertiary/aromatic N) is 1. The van der Waals surface area contributed by atoms with E-state index < -0.39 is 16.1 Å². The van der Waals surface area contributed by atoms with Crippen molar-refractivity contribution in [3.05, 3.63) is 95.0 Å². The first-order chi connectivity index (χ1) is 13.9. The van der Waals surface area contributed by atoms with Crippen molar-refractivity contribution in [3.8, 4) is 0 Å². The predicted molar refractivity (Wildman–Crippen MR) is 113 cm³/mol. The van der Waals surface area contributed by atoms with Crippen LogP contribution < -0.4 is 5.32 Å². The lowest BCUT2D eigenvalue weighted by Crippen LogP contribution is -2.50. The fourth-order valence-electron chi connectivity index (χ4n) is 3.49. The van der Waals surface area contributed by atoms with Crippen molar-refractivity contribution in [2.75, 3.05) is 5.32 Å². The molecule has 0 spiro atoms. The molecule has 0 saturated heterocycles. The van der Waals surface area contributed by atoms with Crippen LogP contribution in [0.4, 0.5) is 5.69 Å². The molecule has 3 aromatic rings. The third kappa shape index (κ3) is 4.05. The largest absolute Gasteiger partial charge is 0.325 e. The van der Waals surface area contributed by atoms with Crippen LogP contribution in [-0.4, -0.2) is 24.7 Å². The molecular weight excluding hydrogens is 408 g/mol. The van der Waals surface area contributed by atoms with Gasteiger partial charge >= 0.3 is 0 Å². The van der Waals surface area contributed by atoms with Gasteiger partial charge in [0.05, 0.1) is 4.90 Å². The number of sulfonamides is 1. The zero-order valence-corrected chi connectivity index (χ0v) is 17.0. The van der Waals surface area contributed by atoms with Gasteiger partial charge in [-0.05, 0) is 47.9 Å². The molecule has 0 fully saturated rings. The topological polar surface area (TPSA) is 66.5 Å². The number of carbonyl (C=O) groups is 1. The second-order valence-electron chi connectivity index (χ2n) is 6.85. The zero-order valence-electron chi connectivity index (χ0n) is 15.5. The fourth-order valence-corrected chi connectivity index (χ4v) is 5.27. The first-order valence-electron chi connectivity index (χ1n) is 9.15. The van der Waals surface area contributed by atoms with Crippen LogP contribution in [0.5, 0.6) is 0 Å². The van der Waals surface area contributed by atoms with Crippen molar-refractivity contribution in [2.45, 2.75) is 23.9 Å². The fraction of sp³-hybridized carbons (Fsp3) is 0.136. The second kappa shape index (κ2) is 7.99. The van der Waals surface area contributed by atoms with Gasteiger partial charge in [0.2, 0.25) is 15.9 Å². The number of hydrogen-bond donors (Lipinski definition) is 1. The Morgan fingerprint density at radius 1 is 0.931 bits per heavy atom. The third-order valence-electron chi connectivity index (χ3n) is 4.95. The van der Waals surface area contributed by atoms with E-state index >= 15 is 0 Å². The summed E-state index contributed by atoms with van der Waals surface area (Å²) in [6.07, 6.45) is 0.300. The monoisotopic (exact) mass is 426 g/mol. The molecule has 0 saturated carbocycles. The minimum Gasteiger partial charge on any atom is -0.325 e.